The second-order valence-corrected chi connectivity index (χ2v) is 11.5. The van der Waals surface area contributed by atoms with Gasteiger partial charge in [-0.15, -0.1) is 0 Å². The van der Waals surface area contributed by atoms with Gasteiger partial charge in [-0.1, -0.05) is 44.2 Å². The Morgan fingerprint density at radius 1 is 0.700 bits per heavy atom. The van der Waals surface area contributed by atoms with Gasteiger partial charge in [-0.3, -0.25) is 20.2 Å². The SMILES string of the molecule is COc1ccc(C(C)(C)c2ccc(Oc3ccc(S(=O)(=O)c4ccc(C)c([N+](=O)[O-])c4)cc3[N+](=O)[O-])cc2)cc1. The second kappa shape index (κ2) is 10.8. The number of sulfone groups is 1. The van der Waals surface area contributed by atoms with Gasteiger partial charge in [-0.05, 0) is 60.5 Å². The lowest BCUT2D eigenvalue weighted by Gasteiger charge is -2.26. The van der Waals surface area contributed by atoms with E-state index in [4.69, 9.17) is 9.47 Å². The van der Waals surface area contributed by atoms with Crippen LogP contribution < -0.4 is 9.47 Å². The predicted molar refractivity (Wildman–Crippen MR) is 148 cm³/mol. The van der Waals surface area contributed by atoms with Crippen molar-refractivity contribution in [3.63, 3.8) is 0 Å². The molecular formula is C29H26N2O8S. The lowest BCUT2D eigenvalue weighted by Crippen LogP contribution is -2.18. The van der Waals surface area contributed by atoms with Crippen molar-refractivity contribution in [2.45, 2.75) is 36.0 Å². The van der Waals surface area contributed by atoms with Gasteiger partial charge in [-0.2, -0.15) is 0 Å². The number of methoxy groups -OCH3 is 1. The Hall–Kier alpha value is -4.77. The third kappa shape index (κ3) is 5.50. The van der Waals surface area contributed by atoms with E-state index < -0.39 is 25.4 Å². The van der Waals surface area contributed by atoms with Crippen molar-refractivity contribution in [3.05, 3.63) is 122 Å². The smallest absolute Gasteiger partial charge is 0.312 e. The van der Waals surface area contributed by atoms with E-state index in [1.165, 1.54) is 31.2 Å². The molecule has 0 aliphatic rings. The van der Waals surface area contributed by atoms with Gasteiger partial charge in [-0.25, -0.2) is 8.42 Å². The van der Waals surface area contributed by atoms with E-state index in [-0.39, 0.29) is 32.2 Å². The molecule has 0 saturated heterocycles. The van der Waals surface area contributed by atoms with Crippen LogP contribution in [-0.4, -0.2) is 25.4 Å². The maximum atomic E-state index is 13.2. The van der Waals surface area contributed by atoms with Crippen LogP contribution in [0.25, 0.3) is 0 Å². The lowest BCUT2D eigenvalue weighted by molar-refractivity contribution is -0.385. The normalized spacial score (nSPS) is 11.6. The largest absolute Gasteiger partial charge is 0.497 e. The summed E-state index contributed by atoms with van der Waals surface area (Å²) in [5.41, 5.74) is 1.05. The zero-order chi connectivity index (χ0) is 29.2. The molecule has 0 heterocycles. The fourth-order valence-electron chi connectivity index (χ4n) is 4.22. The number of hydrogen-bond acceptors (Lipinski definition) is 8. The van der Waals surface area contributed by atoms with E-state index in [1.54, 1.807) is 19.2 Å². The van der Waals surface area contributed by atoms with Crippen LogP contribution >= 0.6 is 0 Å². The molecule has 0 aliphatic heterocycles. The van der Waals surface area contributed by atoms with Crippen LogP contribution in [-0.2, 0) is 15.3 Å². The standard InChI is InChI=1S/C29H26N2O8S/c1-19-5-14-24(17-26(19)30(32)33)40(36,37)25-15-16-28(27(18-25)31(34)35)39-23-12-8-21(9-13-23)29(2,3)20-6-10-22(38-4)11-7-20/h5-18H,1-4H3. The van der Waals surface area contributed by atoms with Crippen molar-refractivity contribution >= 4 is 21.2 Å². The number of rotatable bonds is 9. The Labute approximate surface area is 231 Å². The number of nitrogens with zero attached hydrogens (tertiary/aromatic N) is 2. The van der Waals surface area contributed by atoms with E-state index in [0.717, 1.165) is 29.0 Å². The molecule has 0 radical (unpaired) electrons. The number of ether oxygens (including phenoxy) is 2. The third-order valence-electron chi connectivity index (χ3n) is 6.74. The van der Waals surface area contributed by atoms with Crippen LogP contribution in [0.1, 0.15) is 30.5 Å². The van der Waals surface area contributed by atoms with Crippen LogP contribution in [0.15, 0.2) is 94.7 Å². The molecule has 206 valence electrons. The first-order valence-electron chi connectivity index (χ1n) is 12.1. The fraction of sp³-hybridized carbons (Fsp3) is 0.172. The summed E-state index contributed by atoms with van der Waals surface area (Å²) in [5, 5.41) is 23.1. The van der Waals surface area contributed by atoms with Gasteiger partial charge >= 0.3 is 5.69 Å². The maximum absolute atomic E-state index is 13.2. The third-order valence-corrected chi connectivity index (χ3v) is 8.49. The number of nitro groups is 2. The minimum Gasteiger partial charge on any atom is -0.497 e. The van der Waals surface area contributed by atoms with Crippen LogP contribution in [0.2, 0.25) is 0 Å². The summed E-state index contributed by atoms with van der Waals surface area (Å²) in [4.78, 5) is 20.9. The number of nitro benzene ring substituents is 2. The summed E-state index contributed by atoms with van der Waals surface area (Å²) in [5.74, 6) is 0.923. The highest BCUT2D eigenvalue weighted by Gasteiger charge is 2.27. The van der Waals surface area contributed by atoms with Crippen LogP contribution in [0.4, 0.5) is 11.4 Å². The van der Waals surface area contributed by atoms with Crippen LogP contribution in [0.5, 0.6) is 17.2 Å². The molecule has 0 unspecified atom stereocenters. The van der Waals surface area contributed by atoms with Crippen molar-refractivity contribution in [2.24, 2.45) is 0 Å². The van der Waals surface area contributed by atoms with E-state index in [9.17, 15) is 28.6 Å². The zero-order valence-corrected chi connectivity index (χ0v) is 23.0. The van der Waals surface area contributed by atoms with Crippen LogP contribution in [0.3, 0.4) is 0 Å². The van der Waals surface area contributed by atoms with Gasteiger partial charge in [0.05, 0.1) is 26.7 Å². The van der Waals surface area contributed by atoms with Crippen molar-refractivity contribution in [1.82, 2.24) is 0 Å². The highest BCUT2D eigenvalue weighted by Crippen LogP contribution is 2.37. The average Bonchev–Trinajstić information content (AvgIpc) is 2.93. The Morgan fingerprint density at radius 3 is 1.68 bits per heavy atom. The van der Waals surface area contributed by atoms with Crippen molar-refractivity contribution in [1.29, 1.82) is 0 Å². The van der Waals surface area contributed by atoms with Gasteiger partial charge < -0.3 is 9.47 Å². The Kier molecular flexibility index (Phi) is 7.61. The first kappa shape index (κ1) is 28.2. The predicted octanol–water partition coefficient (Wildman–Crippen LogP) is 6.77. The quantitative estimate of drug-likeness (QED) is 0.161. The molecule has 11 heteroatoms. The molecule has 0 aliphatic carbocycles. The molecule has 4 aromatic carbocycles. The van der Waals surface area contributed by atoms with Crippen molar-refractivity contribution in [3.8, 4) is 17.2 Å². The monoisotopic (exact) mass is 562 g/mol. The zero-order valence-electron chi connectivity index (χ0n) is 22.2. The number of aryl methyl sites for hydroxylation is 1. The van der Waals surface area contributed by atoms with Crippen LogP contribution in [0, 0.1) is 27.2 Å². The molecule has 0 amide bonds. The molecule has 0 bridgehead atoms. The maximum Gasteiger partial charge on any atom is 0.312 e. The van der Waals surface area contributed by atoms with E-state index in [0.29, 0.717) is 5.75 Å². The van der Waals surface area contributed by atoms with Gasteiger partial charge in [0, 0.05) is 23.1 Å². The second-order valence-electron chi connectivity index (χ2n) is 9.58. The molecule has 0 atom stereocenters. The summed E-state index contributed by atoms with van der Waals surface area (Å²) < 4.78 is 37.3. The first-order chi connectivity index (χ1) is 18.8. The van der Waals surface area contributed by atoms with E-state index in [1.807, 2.05) is 36.4 Å². The Bertz CT molecular complexity index is 1700. The molecule has 0 saturated carbocycles. The van der Waals surface area contributed by atoms with E-state index >= 15 is 0 Å². The molecule has 0 aromatic heterocycles. The van der Waals surface area contributed by atoms with Crippen molar-refractivity contribution in [2.75, 3.05) is 7.11 Å². The van der Waals surface area contributed by atoms with Gasteiger partial charge in [0.2, 0.25) is 15.6 Å². The van der Waals surface area contributed by atoms with Gasteiger partial charge in [0.25, 0.3) is 5.69 Å². The summed E-state index contributed by atoms with van der Waals surface area (Å²) in [6.07, 6.45) is 0. The average molecular weight is 563 g/mol. The highest BCUT2D eigenvalue weighted by atomic mass is 32.2. The summed E-state index contributed by atoms with van der Waals surface area (Å²) in [6.45, 7) is 5.62. The first-order valence-corrected chi connectivity index (χ1v) is 13.5. The fourth-order valence-corrected chi connectivity index (χ4v) is 5.52. The van der Waals surface area contributed by atoms with Gasteiger partial charge in [0.1, 0.15) is 11.5 Å². The summed E-state index contributed by atoms with van der Waals surface area (Å²) in [7, 11) is -2.68. The summed E-state index contributed by atoms with van der Waals surface area (Å²) >= 11 is 0. The summed E-state index contributed by atoms with van der Waals surface area (Å²) in [6, 6.07) is 21.5. The molecule has 0 fully saturated rings. The minimum atomic E-state index is -4.28. The van der Waals surface area contributed by atoms with Crippen molar-refractivity contribution < 1.29 is 27.7 Å². The minimum absolute atomic E-state index is 0.152. The molecule has 4 rings (SSSR count). The molecule has 4 aromatic rings. The topological polar surface area (TPSA) is 139 Å². The number of hydrogen-bond donors (Lipinski definition) is 0. The molecule has 40 heavy (non-hydrogen) atoms. The number of benzene rings is 4. The lowest BCUT2D eigenvalue weighted by atomic mass is 9.78. The molecule has 0 N–H and O–H groups in total. The Balaban J connectivity index is 1.62. The molecule has 10 nitrogen and oxygen atoms in total. The molecule has 0 spiro atoms. The molecular weight excluding hydrogens is 536 g/mol. The highest BCUT2D eigenvalue weighted by molar-refractivity contribution is 7.91. The van der Waals surface area contributed by atoms with Gasteiger partial charge in [0.15, 0.2) is 0 Å². The Morgan fingerprint density at radius 2 is 1.18 bits per heavy atom. The van der Waals surface area contributed by atoms with E-state index in [2.05, 4.69) is 13.8 Å².